The molecule has 0 fully saturated rings. The zero-order chi connectivity index (χ0) is 25.7. The molecule has 0 aliphatic carbocycles. The molecule has 8 bridgehead atoms. The van der Waals surface area contributed by atoms with E-state index in [0.29, 0.717) is 0 Å². The molecule has 5 heterocycles. The van der Waals surface area contributed by atoms with Gasteiger partial charge in [-0.25, -0.2) is 9.97 Å². The van der Waals surface area contributed by atoms with Crippen molar-refractivity contribution in [3.8, 4) is 0 Å². The Kier molecular flexibility index (Phi) is 6.23. The molecule has 2 aliphatic heterocycles. The average Bonchev–Trinajstić information content (AvgIpc) is 3.51. The van der Waals surface area contributed by atoms with Gasteiger partial charge in [0.1, 0.15) is 0 Å². The molecule has 2 N–H and O–H groups in total. The van der Waals surface area contributed by atoms with E-state index in [9.17, 15) is 0 Å². The molecule has 2 aliphatic rings. The Morgan fingerprint density at radius 1 is 0.500 bits per heavy atom. The fraction of sp³-hybridized carbons (Fsp3) is 0.375. The summed E-state index contributed by atoms with van der Waals surface area (Å²) in [4.78, 5) is 17.7. The number of rotatable bonds is 4. The van der Waals surface area contributed by atoms with Crippen molar-refractivity contribution in [2.24, 2.45) is 0 Å². The fourth-order valence-corrected chi connectivity index (χ4v) is 6.02. The van der Waals surface area contributed by atoms with Crippen LogP contribution in [0.4, 0.5) is 0 Å². The van der Waals surface area contributed by atoms with Crippen LogP contribution >= 0.6 is 0 Å². The van der Waals surface area contributed by atoms with Gasteiger partial charge in [0, 0.05) is 22.1 Å². The van der Waals surface area contributed by atoms with Crippen molar-refractivity contribution in [2.75, 3.05) is 0 Å². The van der Waals surface area contributed by atoms with E-state index in [1.807, 2.05) is 0 Å². The predicted octanol–water partition coefficient (Wildman–Crippen LogP) is 8.74. The molecule has 0 spiro atoms. The monoisotopic (exact) mass is 478 g/mol. The lowest BCUT2D eigenvalue weighted by atomic mass is 10.0. The Morgan fingerprint density at radius 2 is 0.861 bits per heavy atom. The number of fused-ring (bicyclic) bond motifs is 8. The van der Waals surface area contributed by atoms with Crippen molar-refractivity contribution >= 4 is 44.4 Å². The Hall–Kier alpha value is -3.40. The van der Waals surface area contributed by atoms with Gasteiger partial charge in [-0.05, 0) is 122 Å². The van der Waals surface area contributed by atoms with Crippen LogP contribution in [-0.2, 0) is 12.8 Å². The van der Waals surface area contributed by atoms with Gasteiger partial charge in [0.25, 0.3) is 0 Å². The van der Waals surface area contributed by atoms with E-state index in [1.54, 1.807) is 0 Å². The minimum absolute atomic E-state index is 0.959. The second-order valence-electron chi connectivity index (χ2n) is 10.1. The second kappa shape index (κ2) is 9.24. The summed E-state index contributed by atoms with van der Waals surface area (Å²) in [5, 5.41) is 0. The molecular formula is C32H38N4. The number of hydrogen-bond acceptors (Lipinski definition) is 2. The van der Waals surface area contributed by atoms with Crippen LogP contribution in [0.1, 0.15) is 99.4 Å². The third-order valence-electron chi connectivity index (χ3n) is 8.21. The van der Waals surface area contributed by atoms with Crippen LogP contribution in [0.2, 0.25) is 0 Å². The lowest BCUT2D eigenvalue weighted by Crippen LogP contribution is -1.83. The van der Waals surface area contributed by atoms with Crippen LogP contribution in [0.3, 0.4) is 0 Å². The highest BCUT2D eigenvalue weighted by atomic mass is 14.8. The summed E-state index contributed by atoms with van der Waals surface area (Å²) in [6.45, 7) is 17.8. The Morgan fingerprint density at radius 3 is 1.19 bits per heavy atom. The van der Waals surface area contributed by atoms with Crippen LogP contribution in [-0.4, -0.2) is 19.9 Å². The van der Waals surface area contributed by atoms with E-state index in [4.69, 9.17) is 9.97 Å². The fourth-order valence-electron chi connectivity index (χ4n) is 6.02. The van der Waals surface area contributed by atoms with Crippen molar-refractivity contribution in [3.63, 3.8) is 0 Å². The first-order chi connectivity index (χ1) is 17.3. The molecule has 0 saturated carbocycles. The summed E-state index contributed by atoms with van der Waals surface area (Å²) in [7, 11) is 0. The molecule has 4 heteroatoms. The largest absolute Gasteiger partial charge is 0.355 e. The van der Waals surface area contributed by atoms with E-state index in [-0.39, 0.29) is 0 Å². The maximum absolute atomic E-state index is 5.15. The number of hydrogen-bond donors (Lipinski definition) is 2. The number of aromatic amines is 2. The molecule has 0 unspecified atom stereocenters. The molecule has 186 valence electrons. The quantitative estimate of drug-likeness (QED) is 0.394. The van der Waals surface area contributed by atoms with Gasteiger partial charge in [-0.1, -0.05) is 27.7 Å². The van der Waals surface area contributed by atoms with Gasteiger partial charge < -0.3 is 9.97 Å². The Labute approximate surface area is 214 Å². The van der Waals surface area contributed by atoms with Crippen LogP contribution in [0.15, 0.2) is 24.3 Å². The van der Waals surface area contributed by atoms with E-state index in [1.165, 1.54) is 44.5 Å². The predicted molar refractivity (Wildman–Crippen MR) is 155 cm³/mol. The van der Waals surface area contributed by atoms with Crippen molar-refractivity contribution in [1.82, 2.24) is 19.9 Å². The first-order valence-electron chi connectivity index (χ1n) is 13.4. The first kappa shape index (κ1) is 24.3. The topological polar surface area (TPSA) is 57.4 Å². The molecule has 0 radical (unpaired) electrons. The molecule has 0 aromatic carbocycles. The molecule has 3 aromatic heterocycles. The number of nitrogens with zero attached hydrogens (tertiary/aromatic N) is 2. The molecule has 36 heavy (non-hydrogen) atoms. The minimum atomic E-state index is 0.959. The van der Waals surface area contributed by atoms with E-state index in [0.717, 1.165) is 70.5 Å². The molecule has 5 rings (SSSR count). The molecule has 0 amide bonds. The normalized spacial score (nSPS) is 13.8. The maximum Gasteiger partial charge on any atom is 0.0693 e. The number of nitrogens with one attached hydrogen (secondary N) is 2. The smallest absolute Gasteiger partial charge is 0.0693 e. The number of aromatic nitrogens is 4. The van der Waals surface area contributed by atoms with Gasteiger partial charge in [-0.2, -0.15) is 0 Å². The highest BCUT2D eigenvalue weighted by Crippen LogP contribution is 2.36. The Balaban J connectivity index is 2.00. The van der Waals surface area contributed by atoms with Crippen LogP contribution < -0.4 is 0 Å². The highest BCUT2D eigenvalue weighted by Gasteiger charge is 2.19. The van der Waals surface area contributed by atoms with Crippen LogP contribution in [0, 0.1) is 13.8 Å². The summed E-state index contributed by atoms with van der Waals surface area (Å²) in [6, 6.07) is 8.98. The van der Waals surface area contributed by atoms with Gasteiger partial charge in [0.15, 0.2) is 0 Å². The zero-order valence-corrected chi connectivity index (χ0v) is 23.0. The number of H-pyrrole nitrogens is 2. The second-order valence-corrected chi connectivity index (χ2v) is 10.1. The summed E-state index contributed by atoms with van der Waals surface area (Å²) >= 11 is 0. The van der Waals surface area contributed by atoms with Crippen LogP contribution in [0.5, 0.6) is 0 Å². The van der Waals surface area contributed by atoms with E-state index in [2.05, 4.69) is 89.6 Å². The summed E-state index contributed by atoms with van der Waals surface area (Å²) in [5.74, 6) is 0. The Bertz CT molecular complexity index is 1480. The molecule has 4 nitrogen and oxygen atoms in total. The molecular weight excluding hydrogens is 440 g/mol. The lowest BCUT2D eigenvalue weighted by molar-refractivity contribution is 1.14. The van der Waals surface area contributed by atoms with E-state index >= 15 is 0 Å². The third kappa shape index (κ3) is 3.75. The van der Waals surface area contributed by atoms with Crippen molar-refractivity contribution in [1.29, 1.82) is 0 Å². The highest BCUT2D eigenvalue weighted by molar-refractivity contribution is 5.94. The van der Waals surface area contributed by atoms with Gasteiger partial charge in [0.05, 0.1) is 22.8 Å². The summed E-state index contributed by atoms with van der Waals surface area (Å²) in [6.07, 6.45) is 3.86. The van der Waals surface area contributed by atoms with Gasteiger partial charge in [-0.3, -0.25) is 0 Å². The average molecular weight is 479 g/mol. The van der Waals surface area contributed by atoms with Gasteiger partial charge >= 0.3 is 0 Å². The standard InChI is InChI=1S/C32H38N4/c1-9-21-17(5)25-14-30-23(11-3)19(7)27(35-30)16-32-24(12-4)20(8)28(36-32)15-31-22(10-2)18(6)26(34-31)13-29(21)33-25/h13-16,33,36H,9-12H2,1-8H3. The van der Waals surface area contributed by atoms with Crippen molar-refractivity contribution < 1.29 is 0 Å². The van der Waals surface area contributed by atoms with Crippen molar-refractivity contribution in [2.45, 2.75) is 81.1 Å². The van der Waals surface area contributed by atoms with Crippen LogP contribution in [0.25, 0.3) is 44.4 Å². The first-order valence-corrected chi connectivity index (χ1v) is 13.4. The molecule has 3 aromatic rings. The molecule has 0 atom stereocenters. The number of aryl methyl sites for hydroxylation is 4. The summed E-state index contributed by atoms with van der Waals surface area (Å²) in [5.41, 5.74) is 19.3. The lowest BCUT2D eigenvalue weighted by Gasteiger charge is -2.00. The maximum atomic E-state index is 5.15. The SMILES string of the molecule is CCC1=C(C)c2cc3[nH]c(cc4nc(cc5[nH]c(cc1n2)c(C)c5CC)C(C)=C4CC)c(C)c3CC. The molecule has 0 saturated heterocycles. The van der Waals surface area contributed by atoms with Gasteiger partial charge in [-0.15, -0.1) is 0 Å². The minimum Gasteiger partial charge on any atom is -0.355 e. The third-order valence-corrected chi connectivity index (χ3v) is 8.21. The van der Waals surface area contributed by atoms with Crippen molar-refractivity contribution in [3.05, 3.63) is 69.3 Å². The number of allylic oxidation sites excluding steroid dienone is 4. The van der Waals surface area contributed by atoms with E-state index < -0.39 is 0 Å². The zero-order valence-electron chi connectivity index (χ0n) is 23.0. The summed E-state index contributed by atoms with van der Waals surface area (Å²) < 4.78 is 0. The van der Waals surface area contributed by atoms with Gasteiger partial charge in [0.2, 0.25) is 0 Å².